The molecule has 0 spiro atoms. The number of aromatic hydroxyl groups is 1. The standard InChI is InChI=1S/C35H48F2N2O7/c1-34(2,3)45-32(41)38-17-16-29(39(33(42)46-35(4,5)6)20-22-8-12-25(43-7)13-9-22)30(38)21-44-26-14-10-23(11-15-26)27-18-24(36)19-28(37)31(27)40/h8-9,12-13,18-19,23,26,29-30,40H,10-11,14-17,20-21H2,1-7H3/t23-,26+,29-,30-/m0/s1. The van der Waals surface area contributed by atoms with Gasteiger partial charge in [0.2, 0.25) is 0 Å². The van der Waals surface area contributed by atoms with Crippen LogP contribution in [0.2, 0.25) is 0 Å². The Kier molecular flexibility index (Phi) is 11.1. The van der Waals surface area contributed by atoms with E-state index in [2.05, 4.69) is 0 Å². The second-order valence-corrected chi connectivity index (χ2v) is 14.2. The van der Waals surface area contributed by atoms with Gasteiger partial charge in [0.25, 0.3) is 0 Å². The molecule has 2 aliphatic rings. The number of methoxy groups -OCH3 is 1. The zero-order valence-electron chi connectivity index (χ0n) is 28.0. The summed E-state index contributed by atoms with van der Waals surface area (Å²) < 4.78 is 51.2. The lowest BCUT2D eigenvalue weighted by molar-refractivity contribution is -0.0333. The van der Waals surface area contributed by atoms with Crippen LogP contribution in [0.1, 0.15) is 90.7 Å². The van der Waals surface area contributed by atoms with Crippen LogP contribution >= 0.6 is 0 Å². The first kappa shape index (κ1) is 35.3. The molecule has 254 valence electrons. The first-order valence-corrected chi connectivity index (χ1v) is 16.0. The Bertz CT molecular complexity index is 1350. The summed E-state index contributed by atoms with van der Waals surface area (Å²) in [6.07, 6.45) is 1.71. The van der Waals surface area contributed by atoms with Crippen molar-refractivity contribution in [2.45, 2.75) is 115 Å². The molecule has 1 aliphatic carbocycles. The number of benzene rings is 2. The SMILES string of the molecule is COc1ccc(CN(C(=O)OC(C)(C)C)[C@H]2CCN(C(=O)OC(C)(C)C)[C@H]2CO[C@H]2CC[C@@H](c3cc(F)cc(F)c3O)CC2)cc1. The molecule has 2 amide bonds. The Balaban J connectivity index is 1.54. The maximum Gasteiger partial charge on any atom is 0.410 e. The molecule has 2 aromatic carbocycles. The summed E-state index contributed by atoms with van der Waals surface area (Å²) in [6.45, 7) is 11.6. The van der Waals surface area contributed by atoms with Crippen LogP contribution in [0.5, 0.6) is 11.5 Å². The summed E-state index contributed by atoms with van der Waals surface area (Å²) >= 11 is 0. The number of nitrogens with zero attached hydrogens (tertiary/aromatic N) is 2. The fourth-order valence-electron chi connectivity index (χ4n) is 6.19. The highest BCUT2D eigenvalue weighted by molar-refractivity contribution is 5.71. The highest BCUT2D eigenvalue weighted by Gasteiger charge is 2.45. The molecule has 9 nitrogen and oxygen atoms in total. The van der Waals surface area contributed by atoms with Gasteiger partial charge in [-0.1, -0.05) is 12.1 Å². The molecule has 46 heavy (non-hydrogen) atoms. The summed E-state index contributed by atoms with van der Waals surface area (Å²) in [5.74, 6) is -1.70. The molecule has 0 radical (unpaired) electrons. The van der Waals surface area contributed by atoms with Crippen molar-refractivity contribution in [2.75, 3.05) is 20.3 Å². The van der Waals surface area contributed by atoms with Crippen molar-refractivity contribution < 1.29 is 42.4 Å². The van der Waals surface area contributed by atoms with Crippen LogP contribution in [0.25, 0.3) is 0 Å². The van der Waals surface area contributed by atoms with E-state index in [0.717, 1.165) is 5.56 Å². The molecule has 4 rings (SSSR count). The fraction of sp³-hybridized carbons (Fsp3) is 0.600. The molecule has 1 aliphatic heterocycles. The molecule has 1 saturated heterocycles. The van der Waals surface area contributed by atoms with E-state index in [-0.39, 0.29) is 30.7 Å². The smallest absolute Gasteiger partial charge is 0.410 e. The van der Waals surface area contributed by atoms with Crippen LogP contribution in [0.3, 0.4) is 0 Å². The highest BCUT2D eigenvalue weighted by atomic mass is 19.1. The van der Waals surface area contributed by atoms with Crippen LogP contribution < -0.4 is 4.74 Å². The number of hydrogen-bond donors (Lipinski definition) is 1. The van der Waals surface area contributed by atoms with E-state index in [0.29, 0.717) is 50.5 Å². The maximum absolute atomic E-state index is 14.0. The first-order chi connectivity index (χ1) is 21.5. The number of carbonyl (C=O) groups excluding carboxylic acids is 2. The third-order valence-electron chi connectivity index (χ3n) is 8.35. The number of halogens is 2. The summed E-state index contributed by atoms with van der Waals surface area (Å²) in [5, 5.41) is 10.2. The predicted molar refractivity (Wildman–Crippen MR) is 169 cm³/mol. The minimum absolute atomic E-state index is 0.154. The molecule has 0 aromatic heterocycles. The van der Waals surface area contributed by atoms with Gasteiger partial charge < -0.3 is 29.0 Å². The molecule has 2 aromatic rings. The lowest BCUT2D eigenvalue weighted by Gasteiger charge is -2.38. The van der Waals surface area contributed by atoms with Gasteiger partial charge in [0.15, 0.2) is 11.6 Å². The predicted octanol–water partition coefficient (Wildman–Crippen LogP) is 7.54. The molecule has 1 saturated carbocycles. The third-order valence-corrected chi connectivity index (χ3v) is 8.35. The molecular formula is C35H48F2N2O7. The highest BCUT2D eigenvalue weighted by Crippen LogP contribution is 2.40. The van der Waals surface area contributed by atoms with Crippen LogP contribution in [0, 0.1) is 11.6 Å². The van der Waals surface area contributed by atoms with Gasteiger partial charge in [0.1, 0.15) is 22.8 Å². The normalized spacial score (nSPS) is 22.0. The summed E-state index contributed by atoms with van der Waals surface area (Å²) in [5.41, 5.74) is -0.302. The van der Waals surface area contributed by atoms with E-state index >= 15 is 0 Å². The summed E-state index contributed by atoms with van der Waals surface area (Å²) in [6, 6.07) is 8.38. The number of phenols is 1. The summed E-state index contributed by atoms with van der Waals surface area (Å²) in [7, 11) is 1.59. The van der Waals surface area contributed by atoms with Gasteiger partial charge >= 0.3 is 12.2 Å². The molecule has 0 bridgehead atoms. The first-order valence-electron chi connectivity index (χ1n) is 16.0. The van der Waals surface area contributed by atoms with E-state index in [1.165, 1.54) is 6.07 Å². The molecule has 11 heteroatoms. The van der Waals surface area contributed by atoms with Crippen LogP contribution in [-0.2, 0) is 20.8 Å². The minimum Gasteiger partial charge on any atom is -0.505 e. The van der Waals surface area contributed by atoms with Gasteiger partial charge in [-0.2, -0.15) is 0 Å². The lowest BCUT2D eigenvalue weighted by Crippen LogP contribution is -2.53. The number of likely N-dealkylation sites (tertiary alicyclic amines) is 1. The van der Waals surface area contributed by atoms with Crippen molar-refractivity contribution in [2.24, 2.45) is 0 Å². The van der Waals surface area contributed by atoms with E-state index < -0.39 is 52.9 Å². The molecule has 2 fully saturated rings. The number of rotatable bonds is 8. The van der Waals surface area contributed by atoms with Gasteiger partial charge in [-0.05, 0) is 103 Å². The minimum atomic E-state index is -0.966. The van der Waals surface area contributed by atoms with Crippen LogP contribution in [0.15, 0.2) is 36.4 Å². The second kappa shape index (κ2) is 14.4. The van der Waals surface area contributed by atoms with Crippen molar-refractivity contribution in [3.05, 3.63) is 59.2 Å². The maximum atomic E-state index is 14.0. The number of phenolic OH excluding ortho intramolecular Hbond substituents is 1. The zero-order chi connectivity index (χ0) is 33.8. The number of carbonyl (C=O) groups is 2. The third kappa shape index (κ3) is 9.24. The quantitative estimate of drug-likeness (QED) is 0.317. The number of amides is 2. The van der Waals surface area contributed by atoms with Crippen LogP contribution in [-0.4, -0.2) is 76.7 Å². The molecule has 2 atom stereocenters. The fourth-order valence-corrected chi connectivity index (χ4v) is 6.19. The summed E-state index contributed by atoms with van der Waals surface area (Å²) in [4.78, 5) is 30.4. The molecular weight excluding hydrogens is 598 g/mol. The Morgan fingerprint density at radius 1 is 0.935 bits per heavy atom. The Morgan fingerprint density at radius 2 is 1.57 bits per heavy atom. The van der Waals surface area contributed by atoms with Gasteiger partial charge in [-0.25, -0.2) is 18.4 Å². The van der Waals surface area contributed by atoms with E-state index in [1.807, 2.05) is 45.0 Å². The topological polar surface area (TPSA) is 97.8 Å². The van der Waals surface area contributed by atoms with E-state index in [9.17, 15) is 23.5 Å². The van der Waals surface area contributed by atoms with Gasteiger partial charge in [0.05, 0.1) is 31.9 Å². The number of ether oxygens (including phenoxy) is 4. The Labute approximate surface area is 270 Å². The lowest BCUT2D eigenvalue weighted by atomic mass is 9.82. The second-order valence-electron chi connectivity index (χ2n) is 14.2. The largest absolute Gasteiger partial charge is 0.505 e. The van der Waals surface area contributed by atoms with E-state index in [4.69, 9.17) is 18.9 Å². The van der Waals surface area contributed by atoms with Crippen molar-refractivity contribution in [1.82, 2.24) is 9.80 Å². The molecule has 1 N–H and O–H groups in total. The average molecular weight is 647 g/mol. The zero-order valence-corrected chi connectivity index (χ0v) is 28.0. The van der Waals surface area contributed by atoms with Crippen molar-refractivity contribution >= 4 is 12.2 Å². The monoisotopic (exact) mass is 646 g/mol. The molecule has 1 heterocycles. The molecule has 0 unspecified atom stereocenters. The van der Waals surface area contributed by atoms with Gasteiger partial charge in [-0.3, -0.25) is 4.90 Å². The average Bonchev–Trinajstić information content (AvgIpc) is 3.39. The Hall–Kier alpha value is -3.60. The van der Waals surface area contributed by atoms with Crippen molar-refractivity contribution in [1.29, 1.82) is 0 Å². The van der Waals surface area contributed by atoms with Crippen molar-refractivity contribution in [3.8, 4) is 11.5 Å². The van der Waals surface area contributed by atoms with Gasteiger partial charge in [0, 0.05) is 24.7 Å². The Morgan fingerprint density at radius 3 is 2.15 bits per heavy atom. The van der Waals surface area contributed by atoms with Crippen LogP contribution in [0.4, 0.5) is 18.4 Å². The van der Waals surface area contributed by atoms with Crippen molar-refractivity contribution in [3.63, 3.8) is 0 Å². The number of hydrogen-bond acceptors (Lipinski definition) is 7. The van der Waals surface area contributed by atoms with Gasteiger partial charge in [-0.15, -0.1) is 0 Å². The van der Waals surface area contributed by atoms with E-state index in [1.54, 1.807) is 37.7 Å².